The van der Waals surface area contributed by atoms with Gasteiger partial charge in [-0.1, -0.05) is 214 Å². The molecule has 3 aliphatic rings. The molecule has 8 aromatic carbocycles. The van der Waals surface area contributed by atoms with Crippen molar-refractivity contribution in [1.82, 2.24) is 34.6 Å². The van der Waals surface area contributed by atoms with E-state index in [-0.39, 0.29) is 23.6 Å². The second-order valence-electron chi connectivity index (χ2n) is 29.6. The van der Waals surface area contributed by atoms with E-state index in [1.165, 1.54) is 36.8 Å². The number of aromatic nitrogens is 4. The molecule has 0 bridgehead atoms. The monoisotopic (exact) mass is 1800 g/mol. The van der Waals surface area contributed by atoms with Crippen molar-refractivity contribution < 1.29 is 19.2 Å². The molecule has 0 radical (unpaired) electrons. The normalized spacial score (nSPS) is 12.6. The zero-order chi connectivity index (χ0) is 86.9. The largest absolute Gasteiger partial charge is 0.358 e. The van der Waals surface area contributed by atoms with Crippen LogP contribution in [0.2, 0.25) is 40.2 Å². The smallest absolute Gasteiger partial charge is 0.257 e. The highest BCUT2D eigenvalue weighted by atomic mass is 35.5. The quantitative estimate of drug-likeness (QED) is 0.0221. The van der Waals surface area contributed by atoms with Crippen molar-refractivity contribution in [3.05, 3.63) is 372 Å². The summed E-state index contributed by atoms with van der Waals surface area (Å²) in [6.45, 7) is 7.44. The molecule has 0 unspecified atom stereocenters. The van der Waals surface area contributed by atoms with Gasteiger partial charge in [0.25, 0.3) is 23.6 Å². The molecule has 2 fully saturated rings. The minimum absolute atomic E-state index is 0.245. The van der Waals surface area contributed by atoms with Crippen molar-refractivity contribution in [2.75, 3.05) is 67.6 Å². The van der Waals surface area contributed by atoms with E-state index < -0.39 is 0 Å². The van der Waals surface area contributed by atoms with E-state index in [9.17, 15) is 19.2 Å². The maximum Gasteiger partial charge on any atom is 0.257 e. The van der Waals surface area contributed by atoms with E-state index in [2.05, 4.69) is 116 Å². The molecule has 3 aliphatic heterocycles. The van der Waals surface area contributed by atoms with Gasteiger partial charge in [-0.05, 0) is 231 Å². The van der Waals surface area contributed by atoms with Gasteiger partial charge in [0.05, 0.1) is 26.6 Å². The highest BCUT2D eigenvalue weighted by molar-refractivity contribution is 6.33. The van der Waals surface area contributed by atoms with Gasteiger partial charge in [-0.3, -0.25) is 35.0 Å². The van der Waals surface area contributed by atoms with E-state index in [0.717, 1.165) is 151 Å². The van der Waals surface area contributed by atoms with Gasteiger partial charge in [0, 0.05) is 129 Å². The third kappa shape index (κ3) is 26.8. The van der Waals surface area contributed by atoms with E-state index in [0.29, 0.717) is 129 Å². The second kappa shape index (κ2) is 44.6. The number of rotatable bonds is 24. The number of hydrogen-bond donors (Lipinski definition) is 7. The molecule has 123 heavy (non-hydrogen) atoms. The standard InChI is InChI=1S/C26H26Cl2N4O.2C24H22Cl2N4O.C22H19Cl2N3O/c27-21-11-10-19(23(16-21)26(33)31-24-13-12-22(28)17-30-24)7-4-18-5-8-20(9-6-18)25(29)32-14-2-1-3-15-32;1-30-13-12-27-23(30)18-6-3-16(4-7-18)2-5-17-8-9-19(25)14-21(17)24(31)29-22-11-10-20(26)15-28-22;25-19-9-8-17(21(14-19)24(31)29-22-11-10-20(26)15-28-22)5-2-16-3-6-18(7-4-16)23(27)30-12-1-13-30;1-14(25)16-5-2-15(3-6-16)4-7-17-8-9-18(23)12-20(17)22(28)27-21-11-10-19(24)13-26-21/h5-6,8-13,16-17,29H,1-4,7,14-15H2,(H,30,31,33);3-4,6-11,14-15H,2,5,12-13H2,1H3,(H,28,29,31);3-4,6-11,14-15,27H,1-2,5,12-13H2,(H,28,29,31);2-3,5-6,8-13,25H,4,7H2,1H3,(H,26,27,28). The number of anilines is 4. The number of amides is 4. The number of carbonyl (C=O) groups excluding carboxylic acids is 4. The van der Waals surface area contributed by atoms with Crippen molar-refractivity contribution in [2.45, 2.75) is 84.0 Å². The summed E-state index contributed by atoms with van der Waals surface area (Å²) in [6, 6.07) is 67.5. The Morgan fingerprint density at radius 3 is 0.854 bits per heavy atom. The Bertz CT molecular complexity index is 5740. The van der Waals surface area contributed by atoms with Gasteiger partial charge in [-0.15, -0.1) is 0 Å². The van der Waals surface area contributed by atoms with Crippen molar-refractivity contribution >= 4 is 163 Å². The minimum atomic E-state index is -0.262. The lowest BCUT2D eigenvalue weighted by atomic mass is 9.98. The number of hydrogen-bond acceptors (Lipinski definition) is 13. The van der Waals surface area contributed by atoms with Crippen LogP contribution in [0.3, 0.4) is 0 Å². The summed E-state index contributed by atoms with van der Waals surface area (Å²) < 4.78 is 0. The number of aliphatic imine (C=N–C) groups is 1. The fourth-order valence-electron chi connectivity index (χ4n) is 13.8. The number of carbonyl (C=O) groups is 4. The Labute approximate surface area is 756 Å². The summed E-state index contributed by atoms with van der Waals surface area (Å²) in [5.74, 6) is 2.94. The van der Waals surface area contributed by atoms with Crippen LogP contribution in [0.25, 0.3) is 0 Å². The molecule has 19 nitrogen and oxygen atoms in total. The van der Waals surface area contributed by atoms with Gasteiger partial charge in [0.2, 0.25) is 0 Å². The first kappa shape index (κ1) is 90.9. The highest BCUT2D eigenvalue weighted by Gasteiger charge is 2.23. The van der Waals surface area contributed by atoms with Crippen LogP contribution in [-0.2, 0) is 51.4 Å². The Hall–Kier alpha value is -11.4. The van der Waals surface area contributed by atoms with E-state index in [4.69, 9.17) is 109 Å². The van der Waals surface area contributed by atoms with Crippen molar-refractivity contribution in [3.8, 4) is 0 Å². The minimum Gasteiger partial charge on any atom is -0.358 e. The number of nitrogens with one attached hydrogen (secondary N) is 7. The van der Waals surface area contributed by atoms with Crippen LogP contribution in [0, 0.1) is 16.2 Å². The molecular formula is C96H89Cl8N15O4. The molecule has 4 aromatic heterocycles. The van der Waals surface area contributed by atoms with E-state index in [1.54, 1.807) is 97.9 Å². The molecule has 2 saturated heterocycles. The number of halogens is 8. The van der Waals surface area contributed by atoms with Crippen LogP contribution in [0.5, 0.6) is 0 Å². The van der Waals surface area contributed by atoms with Crippen LogP contribution >= 0.6 is 92.8 Å². The number of nitrogens with zero attached hydrogens (tertiary/aromatic N) is 8. The fraction of sp³-hybridized carbons (Fsp3) is 0.208. The van der Waals surface area contributed by atoms with Gasteiger partial charge >= 0.3 is 0 Å². The Morgan fingerprint density at radius 2 is 0.602 bits per heavy atom. The fourth-order valence-corrected chi connectivity index (χ4v) is 15.0. The molecular weight excluding hydrogens is 1710 g/mol. The van der Waals surface area contributed by atoms with Crippen LogP contribution < -0.4 is 21.3 Å². The predicted molar refractivity (Wildman–Crippen MR) is 502 cm³/mol. The lowest BCUT2D eigenvalue weighted by molar-refractivity contribution is 0.101. The molecule has 628 valence electrons. The number of piperidine rings is 1. The number of aryl methyl sites for hydroxylation is 8. The SMILES string of the molecule is CC(=N)c1ccc(CCc2ccc(Cl)cc2C(=O)Nc2ccc(Cl)cn2)cc1.CN1CCN=C1c1ccc(CCc2ccc(Cl)cc2C(=O)Nc2ccc(Cl)cn2)cc1.N=C(c1ccc(CCc2ccc(Cl)cc2C(=O)Nc2ccc(Cl)cn2)cc1)N1CCC1.N=C(c1ccc(CCc2ccc(Cl)cc2C(=O)Nc2ccc(Cl)cn2)cc1)N1CCCCC1. The van der Waals surface area contributed by atoms with Gasteiger partial charge in [0.1, 0.15) is 40.8 Å². The van der Waals surface area contributed by atoms with Gasteiger partial charge < -0.3 is 41.4 Å². The highest BCUT2D eigenvalue weighted by Crippen LogP contribution is 2.28. The maximum absolute atomic E-state index is 12.9. The molecule has 7 heterocycles. The zero-order valence-corrected chi connectivity index (χ0v) is 73.6. The van der Waals surface area contributed by atoms with Crippen molar-refractivity contribution in [3.63, 3.8) is 0 Å². The summed E-state index contributed by atoms with van der Waals surface area (Å²) in [6.07, 6.45) is 16.6. The van der Waals surface area contributed by atoms with Gasteiger partial charge in [-0.2, -0.15) is 0 Å². The summed E-state index contributed by atoms with van der Waals surface area (Å²) in [5, 5.41) is 39.7. The van der Waals surface area contributed by atoms with E-state index in [1.807, 2.05) is 78.9 Å². The summed E-state index contributed by atoms with van der Waals surface area (Å²) in [5.41, 5.74) is 14.9. The predicted octanol–water partition coefficient (Wildman–Crippen LogP) is 22.6. The third-order valence-electron chi connectivity index (χ3n) is 20.8. The Balaban J connectivity index is 0.000000150. The summed E-state index contributed by atoms with van der Waals surface area (Å²) in [4.78, 5) is 78.7. The van der Waals surface area contributed by atoms with Crippen LogP contribution in [0.1, 0.15) is 141 Å². The lowest BCUT2D eigenvalue weighted by Gasteiger charge is -2.33. The molecule has 12 aromatic rings. The molecule has 0 spiro atoms. The van der Waals surface area contributed by atoms with Crippen LogP contribution in [0.15, 0.2) is 248 Å². The molecule has 4 amide bonds. The lowest BCUT2D eigenvalue weighted by Crippen LogP contribution is -2.42. The molecule has 27 heteroatoms. The topological polar surface area (TPSA) is 262 Å². The van der Waals surface area contributed by atoms with Crippen LogP contribution in [0.4, 0.5) is 23.3 Å². The average molecular weight is 1800 g/mol. The van der Waals surface area contributed by atoms with Crippen molar-refractivity contribution in [1.29, 1.82) is 16.2 Å². The third-order valence-corrected chi connectivity index (χ3v) is 22.7. The maximum atomic E-state index is 12.9. The summed E-state index contributed by atoms with van der Waals surface area (Å²) in [7, 11) is 2.06. The van der Waals surface area contributed by atoms with E-state index >= 15 is 0 Å². The number of benzene rings is 8. The Kier molecular flexibility index (Phi) is 33.0. The number of likely N-dealkylation sites (tertiary alicyclic amines) is 2. The first-order valence-electron chi connectivity index (χ1n) is 40.1. The molecule has 7 N–H and O–H groups in total. The molecule has 0 atom stereocenters. The molecule has 15 rings (SSSR count). The number of likely N-dealkylation sites (N-methyl/N-ethyl adjacent to an activating group) is 1. The number of pyridine rings is 4. The first-order valence-corrected chi connectivity index (χ1v) is 43.1. The van der Waals surface area contributed by atoms with Crippen molar-refractivity contribution in [2.24, 2.45) is 4.99 Å². The first-order chi connectivity index (χ1) is 59.4. The van der Waals surface area contributed by atoms with Gasteiger partial charge in [0.15, 0.2) is 0 Å². The molecule has 0 saturated carbocycles. The zero-order valence-electron chi connectivity index (χ0n) is 67.6. The van der Waals surface area contributed by atoms with Gasteiger partial charge in [-0.25, -0.2) is 19.9 Å². The van der Waals surface area contributed by atoms with Crippen LogP contribution in [-0.4, -0.2) is 128 Å². The average Bonchev–Trinajstić information content (AvgIpc) is 1.83. The molecule has 0 aliphatic carbocycles. The number of amidine groups is 3. The Morgan fingerprint density at radius 1 is 0.325 bits per heavy atom. The second-order valence-corrected chi connectivity index (χ2v) is 33.1. The summed E-state index contributed by atoms with van der Waals surface area (Å²) >= 11 is 48.0.